The fourth-order valence-electron chi connectivity index (χ4n) is 3.05. The highest BCUT2D eigenvalue weighted by atomic mass is 16.2. The third-order valence-corrected chi connectivity index (χ3v) is 4.30. The van der Waals surface area contributed by atoms with Crippen LogP contribution in [-0.4, -0.2) is 48.9 Å². The second-order valence-electron chi connectivity index (χ2n) is 6.38. The molecule has 114 valence electrons. The average molecular weight is 281 g/mol. The molecule has 0 saturated carbocycles. The molecule has 2 aliphatic heterocycles. The summed E-state index contributed by atoms with van der Waals surface area (Å²) in [6.45, 7) is 7.42. The molecule has 2 amide bonds. The summed E-state index contributed by atoms with van der Waals surface area (Å²) in [5, 5.41) is 6.42. The van der Waals surface area contributed by atoms with Gasteiger partial charge in [-0.15, -0.1) is 0 Å². The molecule has 0 aromatic heterocycles. The summed E-state index contributed by atoms with van der Waals surface area (Å²) in [7, 11) is 0. The summed E-state index contributed by atoms with van der Waals surface area (Å²) in [4.78, 5) is 25.8. The number of rotatable bonds is 4. The standard InChI is InChI=1S/C15H27N3O2/c1-11(2)15(20)18-7-4-13(5-8-18)17-14(19)9-12-3-6-16-10-12/h11-13,16H,3-10H2,1-2H3,(H,17,19). The summed E-state index contributed by atoms with van der Waals surface area (Å²) in [6.07, 6.45) is 3.51. The van der Waals surface area contributed by atoms with Crippen molar-refractivity contribution in [1.29, 1.82) is 0 Å². The van der Waals surface area contributed by atoms with Crippen molar-refractivity contribution in [3.8, 4) is 0 Å². The second kappa shape index (κ2) is 7.07. The molecule has 1 unspecified atom stereocenters. The maximum atomic E-state index is 12.0. The van der Waals surface area contributed by atoms with Gasteiger partial charge in [-0.05, 0) is 38.3 Å². The highest BCUT2D eigenvalue weighted by Gasteiger charge is 2.26. The van der Waals surface area contributed by atoms with Gasteiger partial charge in [-0.3, -0.25) is 9.59 Å². The van der Waals surface area contributed by atoms with Crippen LogP contribution in [0, 0.1) is 11.8 Å². The van der Waals surface area contributed by atoms with E-state index in [4.69, 9.17) is 0 Å². The smallest absolute Gasteiger partial charge is 0.225 e. The molecule has 20 heavy (non-hydrogen) atoms. The van der Waals surface area contributed by atoms with Crippen LogP contribution in [0.4, 0.5) is 0 Å². The van der Waals surface area contributed by atoms with Gasteiger partial charge in [-0.25, -0.2) is 0 Å². The van der Waals surface area contributed by atoms with Crippen molar-refractivity contribution in [3.05, 3.63) is 0 Å². The molecule has 0 spiro atoms. The summed E-state index contributed by atoms with van der Waals surface area (Å²) in [5.41, 5.74) is 0. The minimum Gasteiger partial charge on any atom is -0.353 e. The van der Waals surface area contributed by atoms with Crippen LogP contribution in [0.25, 0.3) is 0 Å². The Kier molecular flexibility index (Phi) is 5.40. The molecule has 2 rings (SSSR count). The highest BCUT2D eigenvalue weighted by Crippen LogP contribution is 2.15. The molecule has 0 aromatic carbocycles. The lowest BCUT2D eigenvalue weighted by Gasteiger charge is -2.33. The third-order valence-electron chi connectivity index (χ3n) is 4.30. The number of amides is 2. The van der Waals surface area contributed by atoms with Crippen LogP contribution >= 0.6 is 0 Å². The van der Waals surface area contributed by atoms with Gasteiger partial charge in [-0.1, -0.05) is 13.8 Å². The van der Waals surface area contributed by atoms with E-state index in [1.54, 1.807) is 0 Å². The van der Waals surface area contributed by atoms with E-state index in [0.29, 0.717) is 12.3 Å². The average Bonchev–Trinajstić information content (AvgIpc) is 2.91. The molecule has 0 aromatic rings. The molecule has 5 heteroatoms. The largest absolute Gasteiger partial charge is 0.353 e. The first kappa shape index (κ1) is 15.3. The predicted molar refractivity (Wildman–Crippen MR) is 78.2 cm³/mol. The molecular formula is C15H27N3O2. The van der Waals surface area contributed by atoms with E-state index in [0.717, 1.165) is 45.4 Å². The van der Waals surface area contributed by atoms with Crippen molar-refractivity contribution in [2.75, 3.05) is 26.2 Å². The lowest BCUT2D eigenvalue weighted by Crippen LogP contribution is -2.47. The Morgan fingerprint density at radius 2 is 1.95 bits per heavy atom. The SMILES string of the molecule is CC(C)C(=O)N1CCC(NC(=O)CC2CCNC2)CC1. The quantitative estimate of drug-likeness (QED) is 0.799. The van der Waals surface area contributed by atoms with Gasteiger partial charge in [0.05, 0.1) is 0 Å². The van der Waals surface area contributed by atoms with Gasteiger partial charge in [-0.2, -0.15) is 0 Å². The van der Waals surface area contributed by atoms with E-state index >= 15 is 0 Å². The Hall–Kier alpha value is -1.10. The molecule has 0 radical (unpaired) electrons. The van der Waals surface area contributed by atoms with E-state index in [1.807, 2.05) is 18.7 Å². The maximum absolute atomic E-state index is 12.0. The van der Waals surface area contributed by atoms with Crippen LogP contribution in [0.1, 0.15) is 39.5 Å². The molecule has 5 nitrogen and oxygen atoms in total. The molecule has 2 N–H and O–H groups in total. The van der Waals surface area contributed by atoms with Crippen LogP contribution in [0.3, 0.4) is 0 Å². The van der Waals surface area contributed by atoms with E-state index < -0.39 is 0 Å². The Balaban J connectivity index is 1.68. The van der Waals surface area contributed by atoms with Gasteiger partial charge in [0.1, 0.15) is 0 Å². The minimum absolute atomic E-state index is 0.0657. The molecule has 1 atom stereocenters. The van der Waals surface area contributed by atoms with Crippen molar-refractivity contribution in [2.24, 2.45) is 11.8 Å². The molecule has 2 saturated heterocycles. The summed E-state index contributed by atoms with van der Waals surface area (Å²) in [6, 6.07) is 0.244. The van der Waals surface area contributed by atoms with Crippen molar-refractivity contribution in [1.82, 2.24) is 15.5 Å². The van der Waals surface area contributed by atoms with Gasteiger partial charge < -0.3 is 15.5 Å². The van der Waals surface area contributed by atoms with Crippen molar-refractivity contribution < 1.29 is 9.59 Å². The predicted octanol–water partition coefficient (Wildman–Crippen LogP) is 0.749. The summed E-state index contributed by atoms with van der Waals surface area (Å²) < 4.78 is 0. The van der Waals surface area contributed by atoms with Gasteiger partial charge in [0, 0.05) is 31.5 Å². The van der Waals surface area contributed by atoms with Gasteiger partial charge in [0.2, 0.25) is 11.8 Å². The fraction of sp³-hybridized carbons (Fsp3) is 0.867. The van der Waals surface area contributed by atoms with Gasteiger partial charge in [0.25, 0.3) is 0 Å². The second-order valence-corrected chi connectivity index (χ2v) is 6.38. The first-order chi connectivity index (χ1) is 9.56. The molecule has 2 heterocycles. The Morgan fingerprint density at radius 3 is 2.50 bits per heavy atom. The number of nitrogens with zero attached hydrogens (tertiary/aromatic N) is 1. The number of likely N-dealkylation sites (tertiary alicyclic amines) is 1. The van der Waals surface area contributed by atoms with Gasteiger partial charge in [0.15, 0.2) is 0 Å². The van der Waals surface area contributed by atoms with Crippen LogP contribution < -0.4 is 10.6 Å². The Morgan fingerprint density at radius 1 is 1.25 bits per heavy atom. The maximum Gasteiger partial charge on any atom is 0.225 e. The van der Waals surface area contributed by atoms with E-state index in [1.165, 1.54) is 0 Å². The first-order valence-corrected chi connectivity index (χ1v) is 7.85. The van der Waals surface area contributed by atoms with E-state index in [9.17, 15) is 9.59 Å². The summed E-state index contributed by atoms with van der Waals surface area (Å²) in [5.74, 6) is 0.966. The number of carbonyl (C=O) groups excluding carboxylic acids is 2. The molecule has 2 aliphatic rings. The third kappa shape index (κ3) is 4.20. The number of nitrogens with one attached hydrogen (secondary N) is 2. The molecule has 0 bridgehead atoms. The van der Waals surface area contributed by atoms with Crippen LogP contribution in [0.2, 0.25) is 0 Å². The first-order valence-electron chi connectivity index (χ1n) is 7.85. The number of hydrogen-bond donors (Lipinski definition) is 2. The highest BCUT2D eigenvalue weighted by molar-refractivity contribution is 5.78. The Labute approximate surface area is 121 Å². The zero-order chi connectivity index (χ0) is 14.5. The van der Waals surface area contributed by atoms with E-state index in [-0.39, 0.29) is 23.8 Å². The number of hydrogen-bond acceptors (Lipinski definition) is 3. The van der Waals surface area contributed by atoms with Crippen molar-refractivity contribution in [2.45, 2.75) is 45.6 Å². The van der Waals surface area contributed by atoms with Crippen molar-refractivity contribution >= 4 is 11.8 Å². The van der Waals surface area contributed by atoms with Crippen molar-refractivity contribution in [3.63, 3.8) is 0 Å². The molecular weight excluding hydrogens is 254 g/mol. The molecule has 0 aliphatic carbocycles. The Bertz CT molecular complexity index is 343. The topological polar surface area (TPSA) is 61.4 Å². The number of carbonyl (C=O) groups is 2. The lowest BCUT2D eigenvalue weighted by molar-refractivity contribution is -0.135. The normalized spacial score (nSPS) is 24.1. The monoisotopic (exact) mass is 281 g/mol. The zero-order valence-electron chi connectivity index (χ0n) is 12.7. The van der Waals surface area contributed by atoms with Gasteiger partial charge >= 0.3 is 0 Å². The number of piperidine rings is 1. The van der Waals surface area contributed by atoms with Crippen LogP contribution in [-0.2, 0) is 9.59 Å². The van der Waals surface area contributed by atoms with E-state index in [2.05, 4.69) is 10.6 Å². The summed E-state index contributed by atoms with van der Waals surface area (Å²) >= 11 is 0. The fourth-order valence-corrected chi connectivity index (χ4v) is 3.05. The minimum atomic E-state index is 0.0657. The lowest BCUT2D eigenvalue weighted by atomic mass is 10.0. The van der Waals surface area contributed by atoms with Crippen LogP contribution in [0.15, 0.2) is 0 Å². The zero-order valence-corrected chi connectivity index (χ0v) is 12.7. The molecule has 2 fully saturated rings. The van der Waals surface area contributed by atoms with Crippen LogP contribution in [0.5, 0.6) is 0 Å².